The second kappa shape index (κ2) is 10.1. The summed E-state index contributed by atoms with van der Waals surface area (Å²) in [5.41, 5.74) is 1.21. The van der Waals surface area contributed by atoms with Crippen LogP contribution < -0.4 is 0 Å². The smallest absolute Gasteiger partial charge is 0.0392 e. The van der Waals surface area contributed by atoms with Gasteiger partial charge >= 0.3 is 0 Å². The van der Waals surface area contributed by atoms with Gasteiger partial charge in [0.1, 0.15) is 0 Å². The van der Waals surface area contributed by atoms with Gasteiger partial charge in [-0.15, -0.1) is 7.92 Å². The summed E-state index contributed by atoms with van der Waals surface area (Å²) in [4.78, 5) is 4.56. The number of nitrogens with zero attached hydrogens (tertiary/aromatic N) is 1. The normalized spacial score (nSPS) is 12.2. The largest absolute Gasteiger partial charge is 0.293 e. The van der Waals surface area contributed by atoms with Gasteiger partial charge in [0.25, 0.3) is 0 Å². The molecule has 0 heterocycles. The van der Waals surface area contributed by atoms with E-state index in [0.29, 0.717) is 0 Å². The summed E-state index contributed by atoms with van der Waals surface area (Å²) < 4.78 is 0. The molecule has 20 heavy (non-hydrogen) atoms. The minimum absolute atomic E-state index is 0.216. The van der Waals surface area contributed by atoms with E-state index >= 15 is 0 Å². The molecule has 1 aromatic rings. The Bertz CT molecular complexity index is 360. The summed E-state index contributed by atoms with van der Waals surface area (Å²) in [7, 11) is 0.216. The molecule has 0 N–H and O–H groups in total. The van der Waals surface area contributed by atoms with Crippen LogP contribution in [-0.4, -0.2) is 31.2 Å². The zero-order chi connectivity index (χ0) is 14.8. The van der Waals surface area contributed by atoms with Crippen LogP contribution in [0, 0.1) is 11.8 Å². The average Bonchev–Trinajstić information content (AvgIpc) is 2.38. The number of aliphatic imine (C=N–C) groups is 1. The number of benzene rings is 1. The van der Waals surface area contributed by atoms with Crippen molar-refractivity contribution in [1.29, 1.82) is 0 Å². The minimum atomic E-state index is 0.216. The fraction of sp³-hybridized carbons (Fsp3) is 0.611. The van der Waals surface area contributed by atoms with Crippen molar-refractivity contribution in [2.45, 2.75) is 34.1 Å². The van der Waals surface area contributed by atoms with E-state index in [2.05, 4.69) is 57.0 Å². The topological polar surface area (TPSA) is 12.4 Å². The van der Waals surface area contributed by atoms with Gasteiger partial charge in [0, 0.05) is 12.8 Å². The molecule has 1 nitrogen and oxygen atoms in total. The Morgan fingerprint density at radius 1 is 1.00 bits per heavy atom. The number of rotatable bonds is 9. The van der Waals surface area contributed by atoms with Crippen LogP contribution in [0.3, 0.4) is 0 Å². The lowest BCUT2D eigenvalue weighted by Gasteiger charge is -2.21. The maximum Gasteiger partial charge on any atom is 0.0392 e. The summed E-state index contributed by atoms with van der Waals surface area (Å²) in [5.74, 6) is 1.68. The molecule has 112 valence electrons. The van der Waals surface area contributed by atoms with Crippen molar-refractivity contribution < 1.29 is 0 Å². The predicted octanol–water partition coefficient (Wildman–Crippen LogP) is 5.29. The van der Waals surface area contributed by atoms with Crippen LogP contribution in [0.1, 0.15) is 39.7 Å². The number of hydrogen-bond donors (Lipinski definition) is 0. The summed E-state index contributed by atoms with van der Waals surface area (Å²) >= 11 is 0. The van der Waals surface area contributed by atoms with E-state index in [-0.39, 0.29) is 7.92 Å². The Labute approximate surface area is 126 Å². The molecule has 0 radical (unpaired) electrons. The van der Waals surface area contributed by atoms with Gasteiger partial charge in [-0.2, -0.15) is 0 Å². The van der Waals surface area contributed by atoms with Crippen LogP contribution in [0.15, 0.2) is 35.3 Å². The van der Waals surface area contributed by atoms with E-state index in [4.69, 9.17) is 0 Å². The first-order chi connectivity index (χ1) is 9.58. The van der Waals surface area contributed by atoms with E-state index in [1.165, 1.54) is 30.5 Å². The van der Waals surface area contributed by atoms with Gasteiger partial charge < -0.3 is 0 Å². The third-order valence-electron chi connectivity index (χ3n) is 3.05. The lowest BCUT2D eigenvalue weighted by atomic mass is 10.2. The molecule has 0 saturated carbocycles. The first-order valence-corrected chi connectivity index (χ1v) is 9.75. The first kappa shape index (κ1) is 17.4. The van der Waals surface area contributed by atoms with Crippen molar-refractivity contribution in [3.63, 3.8) is 0 Å². The molecule has 0 aromatic heterocycles. The summed E-state index contributed by atoms with van der Waals surface area (Å²) in [6.07, 6.45) is 7.49. The van der Waals surface area contributed by atoms with Gasteiger partial charge in [-0.3, -0.25) is 4.99 Å². The Kier molecular flexibility index (Phi) is 8.78. The molecular weight excluding hydrogens is 261 g/mol. The molecule has 0 aliphatic heterocycles. The van der Waals surface area contributed by atoms with Gasteiger partial charge in [0.15, 0.2) is 0 Å². The highest BCUT2D eigenvalue weighted by Crippen LogP contribution is 2.40. The van der Waals surface area contributed by atoms with Crippen molar-refractivity contribution in [3.8, 4) is 0 Å². The summed E-state index contributed by atoms with van der Waals surface area (Å²) in [5, 5.41) is 0. The van der Waals surface area contributed by atoms with Crippen LogP contribution in [-0.2, 0) is 0 Å². The highest BCUT2D eigenvalue weighted by molar-refractivity contribution is 7.57. The molecule has 0 aliphatic carbocycles. The zero-order valence-electron chi connectivity index (χ0n) is 13.5. The third-order valence-corrected chi connectivity index (χ3v) is 6.49. The molecule has 0 bridgehead atoms. The van der Waals surface area contributed by atoms with E-state index < -0.39 is 0 Å². The molecule has 0 spiro atoms. The van der Waals surface area contributed by atoms with Crippen molar-refractivity contribution in [1.82, 2.24) is 0 Å². The minimum Gasteiger partial charge on any atom is -0.293 e. The molecule has 0 atom stereocenters. The Balaban J connectivity index is 2.27. The molecule has 0 aliphatic rings. The van der Waals surface area contributed by atoms with Crippen molar-refractivity contribution in [2.75, 3.05) is 25.0 Å². The van der Waals surface area contributed by atoms with Crippen LogP contribution in [0.25, 0.3) is 0 Å². The van der Waals surface area contributed by atoms with E-state index in [1.54, 1.807) is 0 Å². The van der Waals surface area contributed by atoms with Gasteiger partial charge in [-0.1, -0.05) is 58.0 Å². The van der Waals surface area contributed by atoms with E-state index in [0.717, 1.165) is 18.4 Å². The molecule has 1 aromatic carbocycles. The molecule has 0 unspecified atom stereocenters. The van der Waals surface area contributed by atoms with Crippen LogP contribution in [0.5, 0.6) is 0 Å². The van der Waals surface area contributed by atoms with Crippen molar-refractivity contribution in [3.05, 3.63) is 35.9 Å². The first-order valence-electron chi connectivity index (χ1n) is 7.85. The van der Waals surface area contributed by atoms with Crippen LogP contribution >= 0.6 is 7.92 Å². The maximum atomic E-state index is 4.56. The average molecular weight is 291 g/mol. The maximum absolute atomic E-state index is 4.56. The Morgan fingerprint density at radius 3 is 2.15 bits per heavy atom. The zero-order valence-corrected chi connectivity index (χ0v) is 14.4. The lowest BCUT2D eigenvalue weighted by Crippen LogP contribution is -2.05. The predicted molar refractivity (Wildman–Crippen MR) is 94.7 cm³/mol. The third kappa shape index (κ3) is 8.48. The monoisotopic (exact) mass is 291 g/mol. The van der Waals surface area contributed by atoms with E-state index in [9.17, 15) is 0 Å². The second-order valence-corrected chi connectivity index (χ2v) is 8.87. The lowest BCUT2D eigenvalue weighted by molar-refractivity contribution is 0.715. The Morgan fingerprint density at radius 2 is 1.60 bits per heavy atom. The van der Waals surface area contributed by atoms with Crippen LogP contribution in [0.2, 0.25) is 0 Å². The van der Waals surface area contributed by atoms with Crippen molar-refractivity contribution >= 4 is 14.1 Å². The van der Waals surface area contributed by atoms with Gasteiger partial charge in [0.05, 0.1) is 0 Å². The molecule has 0 saturated heterocycles. The molecule has 1 rings (SSSR count). The second-order valence-electron chi connectivity index (χ2n) is 6.35. The van der Waals surface area contributed by atoms with Crippen molar-refractivity contribution in [2.24, 2.45) is 16.8 Å². The van der Waals surface area contributed by atoms with Gasteiger partial charge in [-0.25, -0.2) is 0 Å². The molecular formula is C18H30NP. The van der Waals surface area contributed by atoms with Gasteiger partial charge in [0.2, 0.25) is 0 Å². The quantitative estimate of drug-likeness (QED) is 0.333. The molecule has 2 heteroatoms. The standard InChI is InChI=1S/C18H30NP/c1-16(2)14-20(15-17(3)4)12-8-11-19-13-18-9-6-5-7-10-18/h5-7,9-10,13,16-17H,8,11-12,14-15H2,1-4H3. The molecule has 0 fully saturated rings. The highest BCUT2D eigenvalue weighted by Gasteiger charge is 2.11. The summed E-state index contributed by atoms with van der Waals surface area (Å²) in [6.45, 7) is 10.4. The SMILES string of the molecule is CC(C)CP(CCCN=Cc1ccccc1)CC(C)C. The molecule has 0 amide bonds. The fourth-order valence-corrected chi connectivity index (χ4v) is 5.55. The summed E-state index contributed by atoms with van der Waals surface area (Å²) in [6, 6.07) is 10.4. The highest BCUT2D eigenvalue weighted by atomic mass is 31.1. The number of hydrogen-bond acceptors (Lipinski definition) is 1. The fourth-order valence-electron chi connectivity index (χ4n) is 2.38. The van der Waals surface area contributed by atoms with Crippen LogP contribution in [0.4, 0.5) is 0 Å². The van der Waals surface area contributed by atoms with E-state index in [1.807, 2.05) is 12.3 Å². The Hall–Kier alpha value is -0.680. The van der Waals surface area contributed by atoms with Gasteiger partial charge in [-0.05, 0) is 42.3 Å².